The molecule has 0 bridgehead atoms. The summed E-state index contributed by atoms with van der Waals surface area (Å²) < 4.78 is 58.8. The van der Waals surface area contributed by atoms with Gasteiger partial charge < -0.3 is 40.1 Å². The van der Waals surface area contributed by atoms with Crippen molar-refractivity contribution in [3.63, 3.8) is 0 Å². The summed E-state index contributed by atoms with van der Waals surface area (Å²) in [6.07, 6.45) is 3.27. The third kappa shape index (κ3) is 6.57. The predicted molar refractivity (Wildman–Crippen MR) is 188 cm³/mol. The molecular weight excluding hydrogens is 696 g/mol. The highest BCUT2D eigenvalue weighted by molar-refractivity contribution is 6.18. The Labute approximate surface area is 304 Å². The maximum atomic E-state index is 17.1. The van der Waals surface area contributed by atoms with Gasteiger partial charge in [0.1, 0.15) is 61.3 Å². The molecule has 3 aliphatic rings. The molecule has 7 rings (SSSR count). The average molecular weight is 737 g/mol. The molecule has 3 atom stereocenters. The number of amides is 1. The number of nitrogens with zero attached hydrogens (tertiary/aromatic N) is 5. The molecule has 3 unspecified atom stereocenters. The lowest BCUT2D eigenvalue weighted by Gasteiger charge is -2.38. The number of hydrogen-bond donors (Lipinski definition) is 5. The summed E-state index contributed by atoms with van der Waals surface area (Å²) in [4.78, 5) is 29.3. The number of benzene rings is 2. The Morgan fingerprint density at radius 3 is 2.57 bits per heavy atom. The molecule has 2 aromatic carbocycles. The van der Waals surface area contributed by atoms with E-state index in [1.807, 2.05) is 6.92 Å². The number of halogens is 3. The molecule has 1 amide bonds. The van der Waals surface area contributed by atoms with Crippen LogP contribution in [-0.4, -0.2) is 118 Å². The van der Waals surface area contributed by atoms with Gasteiger partial charge in [0.2, 0.25) is 5.79 Å². The summed E-state index contributed by atoms with van der Waals surface area (Å²) in [5.41, 5.74) is -5.54. The van der Waals surface area contributed by atoms with Crippen LogP contribution < -0.4 is 15.0 Å². The van der Waals surface area contributed by atoms with Crippen LogP contribution in [0.15, 0.2) is 30.5 Å². The van der Waals surface area contributed by atoms with Crippen molar-refractivity contribution < 1.29 is 47.9 Å². The largest absolute Gasteiger partial charge is 0.508 e. The van der Waals surface area contributed by atoms with Crippen molar-refractivity contribution in [3.8, 4) is 23.0 Å². The summed E-state index contributed by atoms with van der Waals surface area (Å²) in [7, 11) is 7.24. The van der Waals surface area contributed by atoms with E-state index in [0.29, 0.717) is 13.0 Å². The fraction of sp³-hybridized carbons (Fsp3) is 0.500. The summed E-state index contributed by atoms with van der Waals surface area (Å²) in [6.45, 7) is 3.20. The Kier molecular flexibility index (Phi) is 9.58. The van der Waals surface area contributed by atoms with Gasteiger partial charge in [-0.05, 0) is 80.1 Å². The van der Waals surface area contributed by atoms with Gasteiger partial charge in [-0.25, -0.2) is 18.0 Å². The second-order valence-corrected chi connectivity index (χ2v) is 14.5. The third-order valence-electron chi connectivity index (χ3n) is 10.7. The van der Waals surface area contributed by atoms with E-state index in [4.69, 9.17) is 17.3 Å². The molecule has 2 aromatic heterocycles. The van der Waals surface area contributed by atoms with E-state index in [9.17, 15) is 29.6 Å². The fourth-order valence-corrected chi connectivity index (χ4v) is 8.16. The van der Waals surface area contributed by atoms with Crippen LogP contribution >= 0.6 is 0 Å². The molecule has 280 valence electrons. The second-order valence-electron chi connectivity index (χ2n) is 14.5. The van der Waals surface area contributed by atoms with Crippen LogP contribution in [0.4, 0.5) is 23.8 Å². The van der Waals surface area contributed by atoms with E-state index in [2.05, 4.69) is 25.2 Å². The van der Waals surface area contributed by atoms with Crippen LogP contribution in [0.1, 0.15) is 44.6 Å². The van der Waals surface area contributed by atoms with Crippen molar-refractivity contribution in [1.82, 2.24) is 25.2 Å². The lowest BCUT2D eigenvalue weighted by atomic mass is 9.67. The average Bonchev–Trinajstić information content (AvgIpc) is 3.70. The van der Waals surface area contributed by atoms with Crippen LogP contribution in [-0.2, 0) is 10.2 Å². The first-order valence-corrected chi connectivity index (χ1v) is 17.5. The van der Waals surface area contributed by atoms with E-state index in [1.165, 1.54) is 25.4 Å². The number of alkyl halides is 1. The number of phenolic OH excluding ortho intramolecular Hbond substituents is 1. The summed E-state index contributed by atoms with van der Waals surface area (Å²) in [5, 5.41) is 45.7. The number of alkyl carbamates (subject to hydrolysis) is 1. The summed E-state index contributed by atoms with van der Waals surface area (Å²) in [6, 6.07) is 4.14. The van der Waals surface area contributed by atoms with Crippen molar-refractivity contribution in [2.24, 2.45) is 5.92 Å². The molecule has 17 heteroatoms. The van der Waals surface area contributed by atoms with Crippen LogP contribution in [0, 0.1) is 17.6 Å². The minimum atomic E-state index is -3.49. The number of ether oxygens (including phenoxy) is 2. The summed E-state index contributed by atoms with van der Waals surface area (Å²) in [5.74, 6) is -6.01. The minimum Gasteiger partial charge on any atom is -0.508 e. The molecule has 13 nitrogen and oxygen atoms in total. The van der Waals surface area contributed by atoms with Gasteiger partial charge in [0.15, 0.2) is 5.82 Å². The minimum absolute atomic E-state index is 0.000403. The van der Waals surface area contributed by atoms with Gasteiger partial charge in [-0.3, -0.25) is 9.88 Å². The number of carbonyl (C=O) groups excluding carboxylic acids is 1. The molecule has 3 aliphatic heterocycles. The number of carbonyl (C=O) groups is 1. The first-order valence-electron chi connectivity index (χ1n) is 17.5. The zero-order chi connectivity index (χ0) is 37.9. The van der Waals surface area contributed by atoms with Crippen molar-refractivity contribution in [3.05, 3.63) is 47.7 Å². The molecule has 5 N–H and O–H groups in total. The van der Waals surface area contributed by atoms with Gasteiger partial charge in [0, 0.05) is 30.9 Å². The monoisotopic (exact) mass is 736 g/mol. The predicted octanol–water partition coefficient (Wildman–Crippen LogP) is 3.37. The van der Waals surface area contributed by atoms with Crippen molar-refractivity contribution in [1.29, 1.82) is 0 Å². The normalized spacial score (nSPS) is 21.5. The number of aromatic nitrogens is 3. The molecule has 53 heavy (non-hydrogen) atoms. The zero-order valence-corrected chi connectivity index (χ0v) is 29.3. The number of phenols is 1. The lowest BCUT2D eigenvalue weighted by Crippen LogP contribution is -2.56. The maximum Gasteiger partial charge on any atom is 0.407 e. The second kappa shape index (κ2) is 13.8. The van der Waals surface area contributed by atoms with E-state index in [-0.39, 0.29) is 63.7 Å². The van der Waals surface area contributed by atoms with Gasteiger partial charge in [-0.1, -0.05) is 13.0 Å². The Bertz CT molecular complexity index is 2050. The van der Waals surface area contributed by atoms with Gasteiger partial charge >= 0.3 is 12.1 Å². The molecule has 3 saturated heterocycles. The van der Waals surface area contributed by atoms with Crippen LogP contribution in [0.3, 0.4) is 0 Å². The number of rotatable bonds is 9. The quantitative estimate of drug-likeness (QED) is 0.126. The molecule has 0 spiro atoms. The molecule has 2 radical (unpaired) electrons. The Balaban J connectivity index is 1.39. The van der Waals surface area contributed by atoms with Crippen LogP contribution in [0.5, 0.6) is 11.8 Å². The highest BCUT2D eigenvalue weighted by atomic mass is 19.1. The standard InChI is InChI=1S/C36H40BF3N6O7/c1-19-11-21(38)16-45(15-19)31-24-14-42-29(28(40)30(24)43-32(44-31)52-17-34-7-3-9-46(34)10-4-8-34)23-13-22(47)12-20-5-6-25(39)27(26(20)23)36(37,51)35(49,50)18-53-33(48)41-2/h5-6,12-14,19,21,47,49-51H,3-4,7-11,15-18H2,1-2H3,(H,41,48). The van der Waals surface area contributed by atoms with E-state index in [1.54, 1.807) is 4.90 Å². The molecule has 4 aromatic rings. The summed E-state index contributed by atoms with van der Waals surface area (Å²) >= 11 is 0. The highest BCUT2D eigenvalue weighted by Crippen LogP contribution is 2.44. The number of aliphatic hydroxyl groups is 3. The first kappa shape index (κ1) is 36.9. The van der Waals surface area contributed by atoms with Gasteiger partial charge in [-0.2, -0.15) is 9.97 Å². The van der Waals surface area contributed by atoms with E-state index in [0.717, 1.165) is 50.9 Å². The van der Waals surface area contributed by atoms with Crippen molar-refractivity contribution >= 4 is 41.4 Å². The SMILES string of the molecule is [B]C(O)(c1c(F)ccc2cc(O)cc(-c3ncc4c(N5CC(C)CC(F)C5)nc(OCC56CCCN5CCC6)nc4c3F)c12)C(O)(O)COC(=O)NC. The van der Waals surface area contributed by atoms with Crippen molar-refractivity contribution in [2.45, 2.75) is 62.0 Å². The molecule has 3 fully saturated rings. The Morgan fingerprint density at radius 1 is 1.13 bits per heavy atom. The smallest absolute Gasteiger partial charge is 0.407 e. The fourth-order valence-electron chi connectivity index (χ4n) is 8.16. The molecular formula is C36H40BF3N6O7. The zero-order valence-electron chi connectivity index (χ0n) is 29.3. The molecule has 5 heterocycles. The number of piperidine rings is 1. The van der Waals surface area contributed by atoms with Gasteiger partial charge in [0.05, 0.1) is 17.5 Å². The number of pyridine rings is 1. The number of hydrogen-bond acceptors (Lipinski definition) is 12. The van der Waals surface area contributed by atoms with Gasteiger partial charge in [-0.15, -0.1) is 0 Å². The highest BCUT2D eigenvalue weighted by Gasteiger charge is 2.49. The van der Waals surface area contributed by atoms with Crippen molar-refractivity contribution in [2.75, 3.05) is 51.3 Å². The number of nitrogens with one attached hydrogen (secondary N) is 1. The number of fused-ring (bicyclic) bond motifs is 3. The topological polar surface area (TPSA) is 174 Å². The maximum absolute atomic E-state index is 17.1. The van der Waals surface area contributed by atoms with Crippen LogP contribution in [0.25, 0.3) is 32.9 Å². The van der Waals surface area contributed by atoms with E-state index >= 15 is 8.78 Å². The lowest BCUT2D eigenvalue weighted by molar-refractivity contribution is -0.264. The molecule has 0 saturated carbocycles. The number of anilines is 1. The third-order valence-corrected chi connectivity index (χ3v) is 10.7. The first-order chi connectivity index (χ1) is 25.1. The van der Waals surface area contributed by atoms with Gasteiger partial charge in [0.25, 0.3) is 0 Å². The van der Waals surface area contributed by atoms with E-state index < -0.39 is 58.8 Å². The Morgan fingerprint density at radius 2 is 1.87 bits per heavy atom. The number of aromatic hydroxyl groups is 1. The molecule has 0 aliphatic carbocycles. The van der Waals surface area contributed by atoms with Crippen LogP contribution in [0.2, 0.25) is 0 Å². The Hall–Kier alpha value is -4.45.